The second-order valence-corrected chi connectivity index (χ2v) is 39.3. The van der Waals surface area contributed by atoms with E-state index in [9.17, 15) is 28.8 Å². The summed E-state index contributed by atoms with van der Waals surface area (Å²) in [7, 11) is 0. The fourth-order valence-corrected chi connectivity index (χ4v) is 95.6. The predicted molar refractivity (Wildman–Crippen MR) is 134 cm³/mol. The zero-order valence-electron chi connectivity index (χ0n) is 21.0. The molecule has 0 amide bonds. The van der Waals surface area contributed by atoms with Gasteiger partial charge in [-0.2, -0.15) is 0 Å². The number of benzene rings is 2. The third kappa shape index (κ3) is 0.477. The Balaban J connectivity index is 0.879. The van der Waals surface area contributed by atoms with Crippen molar-refractivity contribution in [3.05, 3.63) is 94.5 Å². The summed E-state index contributed by atoms with van der Waals surface area (Å²) in [5.74, 6) is -2.89. The van der Waals surface area contributed by atoms with Crippen molar-refractivity contribution in [1.29, 1.82) is 0 Å². The summed E-state index contributed by atoms with van der Waals surface area (Å²) in [6.07, 6.45) is 2.26. The van der Waals surface area contributed by atoms with Crippen LogP contribution < -0.4 is 0 Å². The molecule has 202 valence electrons. The molecular weight excluding hydrogens is 568 g/mol. The molecule has 0 radical (unpaired) electrons. The van der Waals surface area contributed by atoms with Gasteiger partial charge in [0, 0.05) is 0 Å². The molecule has 9 heteroatoms. The average Bonchev–Trinajstić information content (AvgIpc) is 3.92. The van der Waals surface area contributed by atoms with E-state index in [1.54, 1.807) is 48.5 Å². The van der Waals surface area contributed by atoms with E-state index in [0.29, 0.717) is 30.4 Å². The molecule has 8 unspecified atom stereocenters. The summed E-state index contributed by atoms with van der Waals surface area (Å²) in [6, 6.07) is 13.0. The first kappa shape index (κ1) is 19.2. The van der Waals surface area contributed by atoms with Crippen LogP contribution in [0.15, 0.2) is 72.2 Å². The Bertz CT molecular complexity index is 2330. The van der Waals surface area contributed by atoms with Gasteiger partial charge in [-0.1, -0.05) is 0 Å². The maximum absolute atomic E-state index is 14.3. The normalized spacial score (nSPS) is 60.9. The summed E-state index contributed by atoms with van der Waals surface area (Å²) in [5.41, 5.74) is 1.05. The van der Waals surface area contributed by atoms with Crippen LogP contribution in [0, 0.1) is 0 Å². The Labute approximate surface area is 221 Å². The molecule has 10 saturated heterocycles. The van der Waals surface area contributed by atoms with Crippen LogP contribution >= 0.6 is 0 Å². The van der Waals surface area contributed by atoms with E-state index in [4.69, 9.17) is 9.47 Å². The number of ether oxygens (including phenoxy) is 2. The monoisotopic (exact) mass is 586 g/mol. The SMILES string of the molecule is O=C1C=C(OC(=O)[C]23[CH]4[CH]5[CH]6[CH]2[Fe]56432789[CH]3[CH]2[CH]7[C]8(C(=O)OC2=CC(=O)c4ccccc4C2=O)[CH]39)C(=O)c2ccccc21. The summed E-state index contributed by atoms with van der Waals surface area (Å²) in [6.45, 7) is -4.87. The maximum atomic E-state index is 14.3. The minimum absolute atomic E-state index is 0.221. The van der Waals surface area contributed by atoms with Crippen LogP contribution in [0.25, 0.3) is 0 Å². The molecule has 1 spiro atoms. The second-order valence-electron chi connectivity index (χ2n) is 16.0. The molecule has 8 nitrogen and oxygen atoms in total. The van der Waals surface area contributed by atoms with Crippen molar-refractivity contribution < 1.29 is 44.8 Å². The van der Waals surface area contributed by atoms with Crippen molar-refractivity contribution in [2.75, 3.05) is 0 Å². The van der Waals surface area contributed by atoms with Crippen molar-refractivity contribution >= 4 is 35.1 Å². The van der Waals surface area contributed by atoms with Crippen LogP contribution in [0.3, 0.4) is 0 Å². The number of rotatable bonds is 4. The van der Waals surface area contributed by atoms with Crippen molar-refractivity contribution in [3.8, 4) is 0 Å². The summed E-state index contributed by atoms with van der Waals surface area (Å²) < 4.78 is 10.6. The van der Waals surface area contributed by atoms with E-state index in [-0.39, 0.29) is 65.4 Å². The van der Waals surface area contributed by atoms with Crippen LogP contribution in [0.4, 0.5) is 0 Å². The number of hydrogen-bond acceptors (Lipinski definition) is 8. The fourth-order valence-electron chi connectivity index (χ4n) is 20.7. The molecule has 10 heterocycles. The molecule has 0 saturated carbocycles. The number of fused-ring (bicyclic) bond motifs is 12. The van der Waals surface area contributed by atoms with Crippen molar-refractivity contribution in [1.82, 2.24) is 0 Å². The number of esters is 2. The van der Waals surface area contributed by atoms with E-state index in [1.807, 2.05) is 0 Å². The average molecular weight is 586 g/mol. The molecule has 0 aromatic heterocycles. The predicted octanol–water partition coefficient (Wildman–Crippen LogP) is 5.13. The third-order valence-electron chi connectivity index (χ3n) is 19.7. The van der Waals surface area contributed by atoms with Gasteiger partial charge in [-0.3, -0.25) is 0 Å². The number of ketones is 4. The van der Waals surface area contributed by atoms with Gasteiger partial charge in [0.2, 0.25) is 0 Å². The van der Waals surface area contributed by atoms with Crippen LogP contribution in [0.1, 0.15) is 41.4 Å². The number of allylic oxidation sites excluding steroid dienone is 4. The molecule has 0 N–H and O–H groups in total. The molecule has 0 bridgehead atoms. The van der Waals surface area contributed by atoms with Gasteiger partial charge in [0.25, 0.3) is 0 Å². The van der Waals surface area contributed by atoms with Gasteiger partial charge in [0.05, 0.1) is 0 Å². The number of hydrogen-bond donors (Lipinski definition) is 0. The van der Waals surface area contributed by atoms with Gasteiger partial charge in [-0.25, -0.2) is 0 Å². The van der Waals surface area contributed by atoms with Crippen molar-refractivity contribution in [2.45, 2.75) is 47.2 Å². The molecule has 41 heavy (non-hydrogen) atoms. The first-order valence-electron chi connectivity index (χ1n) is 14.0. The quantitative estimate of drug-likeness (QED) is 0.357. The summed E-state index contributed by atoms with van der Waals surface area (Å²) >= 11 is 0. The van der Waals surface area contributed by atoms with Gasteiger partial charge in [-0.15, -0.1) is 0 Å². The van der Waals surface area contributed by atoms with Crippen LogP contribution in [-0.2, 0) is 25.6 Å². The zero-order chi connectivity index (χ0) is 27.3. The van der Waals surface area contributed by atoms with Gasteiger partial charge < -0.3 is 0 Å². The van der Waals surface area contributed by atoms with E-state index in [1.165, 1.54) is 0 Å². The summed E-state index contributed by atoms with van der Waals surface area (Å²) in [4.78, 5) is 83.3. The molecule has 10 aliphatic heterocycles. The Kier molecular flexibility index (Phi) is 1.33. The standard InChI is InChI=1S/2C16H9O4.Fe/c2*17-13-9-14(20-16(19)10-5-1-2-6-10)15(18)12-8-4-3-7-11(12)13;/h2*1-9H;. The van der Waals surface area contributed by atoms with E-state index in [2.05, 4.69) is 0 Å². The van der Waals surface area contributed by atoms with Crippen LogP contribution in [0.2, 0.25) is 47.2 Å². The number of carbonyl (C=O) groups is 6. The van der Waals surface area contributed by atoms with E-state index >= 15 is 0 Å². The zero-order valence-corrected chi connectivity index (χ0v) is 22.1. The Morgan fingerprint density at radius 2 is 0.902 bits per heavy atom. The van der Waals surface area contributed by atoms with Gasteiger partial charge in [-0.05, 0) is 0 Å². The Morgan fingerprint density at radius 1 is 0.561 bits per heavy atom. The van der Waals surface area contributed by atoms with Crippen LogP contribution in [-0.4, -0.2) is 35.1 Å². The third-order valence-corrected chi connectivity index (χ3v) is 62.3. The minimum atomic E-state index is -4.87. The first-order valence-corrected chi connectivity index (χ1v) is 20.2. The second kappa shape index (κ2) is 2.83. The molecule has 10 fully saturated rings. The fraction of sp³-hybridized carbons (Fsp3) is 0.312. The molecule has 14 rings (SSSR count). The topological polar surface area (TPSA) is 121 Å². The van der Waals surface area contributed by atoms with Gasteiger partial charge in [0.1, 0.15) is 0 Å². The first-order chi connectivity index (χ1) is 19.5. The number of carbonyl (C=O) groups excluding carboxylic acids is 6. The summed E-state index contributed by atoms with van der Waals surface area (Å²) in [5, 5.41) is 0. The molecule has 8 atom stereocenters. The molecule has 2 aliphatic carbocycles. The van der Waals surface area contributed by atoms with Gasteiger partial charge in [0.15, 0.2) is 0 Å². The Hall–Kier alpha value is -3.94. The van der Waals surface area contributed by atoms with E-state index < -0.39 is 26.7 Å². The van der Waals surface area contributed by atoms with Crippen molar-refractivity contribution in [3.63, 3.8) is 0 Å². The molecule has 2 aromatic carbocycles. The van der Waals surface area contributed by atoms with Gasteiger partial charge >= 0.3 is 221 Å². The molecule has 12 aliphatic rings. The van der Waals surface area contributed by atoms with Crippen molar-refractivity contribution in [2.24, 2.45) is 0 Å². The molecule has 2 aromatic rings. The molecular formula is C32H18FeO8. The van der Waals surface area contributed by atoms with E-state index in [0.717, 1.165) is 12.2 Å². The number of Topliss-reactive ketones (excluding diaryl/α,β-unsaturated/α-hetero) is 2. The van der Waals surface area contributed by atoms with Crippen LogP contribution in [0.5, 0.6) is 0 Å². The Morgan fingerprint density at radius 3 is 1.24 bits per heavy atom.